The van der Waals surface area contributed by atoms with Crippen molar-refractivity contribution < 1.29 is 0 Å². The summed E-state index contributed by atoms with van der Waals surface area (Å²) in [4.78, 5) is 0. The molecule has 1 atom stereocenters. The highest BCUT2D eigenvalue weighted by Gasteiger charge is 2.13. The van der Waals surface area contributed by atoms with E-state index in [2.05, 4.69) is 63.6 Å². The van der Waals surface area contributed by atoms with Gasteiger partial charge in [0.05, 0.1) is 5.69 Å². The zero-order valence-electron chi connectivity index (χ0n) is 12.4. The minimum Gasteiger partial charge on any atom is -0.316 e. The minimum absolute atomic E-state index is 0.411. The third kappa shape index (κ3) is 3.70. The lowest BCUT2D eigenvalue weighted by Gasteiger charge is -2.17. The van der Waals surface area contributed by atoms with Gasteiger partial charge >= 0.3 is 0 Å². The zero-order chi connectivity index (χ0) is 14.5. The Balaban J connectivity index is 2.09. The summed E-state index contributed by atoms with van der Waals surface area (Å²) in [6, 6.07) is 11.0. The maximum Gasteiger partial charge on any atom is 0.0624 e. The zero-order valence-corrected chi connectivity index (χ0v) is 13.9. The number of hydrogen-bond donors (Lipinski definition) is 1. The molecule has 2 aromatic rings. The van der Waals surface area contributed by atoms with Crippen LogP contribution < -0.4 is 5.32 Å². The Morgan fingerprint density at radius 2 is 2.05 bits per heavy atom. The van der Waals surface area contributed by atoms with Crippen LogP contribution in [0, 0.1) is 0 Å². The molecule has 0 saturated carbocycles. The Kier molecular flexibility index (Phi) is 5.38. The molecule has 4 heteroatoms. The first kappa shape index (κ1) is 15.3. The summed E-state index contributed by atoms with van der Waals surface area (Å²) in [5.41, 5.74) is 3.79. The van der Waals surface area contributed by atoms with Crippen LogP contribution in [0.15, 0.2) is 34.8 Å². The van der Waals surface area contributed by atoms with Crippen molar-refractivity contribution >= 4 is 15.9 Å². The molecule has 1 unspecified atom stereocenters. The summed E-state index contributed by atoms with van der Waals surface area (Å²) in [6.45, 7) is 2.14. The van der Waals surface area contributed by atoms with E-state index >= 15 is 0 Å². The first-order valence-corrected chi connectivity index (χ1v) is 7.85. The second-order valence-corrected chi connectivity index (χ2v) is 5.94. The van der Waals surface area contributed by atoms with Crippen LogP contribution in [-0.4, -0.2) is 22.9 Å². The highest BCUT2D eigenvalue weighted by molar-refractivity contribution is 9.10. The van der Waals surface area contributed by atoms with Crippen LogP contribution in [0.5, 0.6) is 0 Å². The topological polar surface area (TPSA) is 29.9 Å². The number of likely N-dealkylation sites (N-methyl/N-ethyl adjacent to an activating group) is 1. The Morgan fingerprint density at radius 3 is 2.65 bits per heavy atom. The Bertz CT molecular complexity index is 563. The Hall–Kier alpha value is -1.13. The number of halogens is 1. The van der Waals surface area contributed by atoms with Gasteiger partial charge in [0.15, 0.2) is 0 Å². The van der Waals surface area contributed by atoms with E-state index < -0.39 is 0 Å². The summed E-state index contributed by atoms with van der Waals surface area (Å²) in [7, 11) is 4.05. The summed E-state index contributed by atoms with van der Waals surface area (Å²) in [5.74, 6) is 0. The molecule has 0 bridgehead atoms. The van der Waals surface area contributed by atoms with Gasteiger partial charge in [-0.3, -0.25) is 4.68 Å². The number of nitrogens with one attached hydrogen (secondary N) is 1. The average Bonchev–Trinajstić information content (AvgIpc) is 2.81. The van der Waals surface area contributed by atoms with Gasteiger partial charge in [-0.25, -0.2) is 0 Å². The van der Waals surface area contributed by atoms with Gasteiger partial charge in [-0.15, -0.1) is 0 Å². The number of rotatable bonds is 6. The van der Waals surface area contributed by atoms with Crippen molar-refractivity contribution in [2.45, 2.75) is 32.2 Å². The third-order valence-electron chi connectivity index (χ3n) is 3.68. The van der Waals surface area contributed by atoms with E-state index in [0.29, 0.717) is 6.04 Å². The molecule has 0 saturated heterocycles. The number of aromatic nitrogens is 2. The number of aryl methyl sites for hydroxylation is 2. The van der Waals surface area contributed by atoms with Crippen LogP contribution in [0.4, 0.5) is 0 Å². The first-order chi connectivity index (χ1) is 9.63. The van der Waals surface area contributed by atoms with Gasteiger partial charge in [-0.1, -0.05) is 41.1 Å². The Labute approximate surface area is 129 Å². The average molecular weight is 336 g/mol. The molecule has 0 spiro atoms. The molecule has 0 fully saturated rings. The monoisotopic (exact) mass is 335 g/mol. The lowest BCUT2D eigenvalue weighted by Crippen LogP contribution is -2.30. The van der Waals surface area contributed by atoms with Crippen LogP contribution in [0.25, 0.3) is 0 Å². The molecule has 0 aliphatic heterocycles. The first-order valence-electron chi connectivity index (χ1n) is 7.06. The van der Waals surface area contributed by atoms with E-state index in [-0.39, 0.29) is 0 Å². The fourth-order valence-electron chi connectivity index (χ4n) is 2.39. The van der Waals surface area contributed by atoms with E-state index in [1.807, 2.05) is 18.8 Å². The molecule has 108 valence electrons. The van der Waals surface area contributed by atoms with E-state index in [1.54, 1.807) is 0 Å². The molecule has 20 heavy (non-hydrogen) atoms. The quantitative estimate of drug-likeness (QED) is 0.878. The summed E-state index contributed by atoms with van der Waals surface area (Å²) < 4.78 is 3.18. The van der Waals surface area contributed by atoms with Crippen LogP contribution in [-0.2, 0) is 26.3 Å². The lowest BCUT2D eigenvalue weighted by atomic mass is 10.0. The molecule has 1 aromatic carbocycles. The maximum atomic E-state index is 4.52. The second kappa shape index (κ2) is 7.04. The van der Waals surface area contributed by atoms with E-state index in [1.165, 1.54) is 21.4 Å². The second-order valence-electron chi connectivity index (χ2n) is 5.09. The molecule has 2 rings (SSSR count). The van der Waals surface area contributed by atoms with Crippen molar-refractivity contribution in [3.05, 3.63) is 51.8 Å². The highest BCUT2D eigenvalue weighted by Crippen LogP contribution is 2.19. The van der Waals surface area contributed by atoms with Crippen molar-refractivity contribution in [1.82, 2.24) is 15.1 Å². The van der Waals surface area contributed by atoms with Crippen molar-refractivity contribution in [2.24, 2.45) is 7.05 Å². The van der Waals surface area contributed by atoms with Gasteiger partial charge in [0.1, 0.15) is 0 Å². The molecule has 1 heterocycles. The van der Waals surface area contributed by atoms with E-state index in [9.17, 15) is 0 Å². The minimum atomic E-state index is 0.411. The fourth-order valence-corrected chi connectivity index (χ4v) is 2.84. The van der Waals surface area contributed by atoms with Gasteiger partial charge in [-0.2, -0.15) is 5.10 Å². The molecule has 0 amide bonds. The number of benzene rings is 1. The predicted octanol–water partition coefficient (Wildman–Crippen LogP) is 3.12. The molecular formula is C16H22BrN3. The number of hydrogen-bond acceptors (Lipinski definition) is 2. The largest absolute Gasteiger partial charge is 0.316 e. The molecule has 0 aliphatic carbocycles. The summed E-state index contributed by atoms with van der Waals surface area (Å²) in [6.07, 6.45) is 2.98. The molecule has 0 aliphatic rings. The Morgan fingerprint density at radius 1 is 1.30 bits per heavy atom. The van der Waals surface area contributed by atoms with E-state index in [0.717, 1.165) is 19.3 Å². The van der Waals surface area contributed by atoms with Gasteiger partial charge in [0, 0.05) is 29.7 Å². The fraction of sp³-hybridized carbons (Fsp3) is 0.438. The van der Waals surface area contributed by atoms with Gasteiger partial charge in [0.2, 0.25) is 0 Å². The molecule has 3 nitrogen and oxygen atoms in total. The van der Waals surface area contributed by atoms with Gasteiger partial charge in [0.25, 0.3) is 0 Å². The SMILES string of the molecule is CCc1cc(CC(Cc2ccccc2Br)NC)n(C)n1. The maximum absolute atomic E-state index is 4.52. The van der Waals surface area contributed by atoms with Crippen molar-refractivity contribution in [1.29, 1.82) is 0 Å². The summed E-state index contributed by atoms with van der Waals surface area (Å²) >= 11 is 3.62. The molecular weight excluding hydrogens is 314 g/mol. The summed E-state index contributed by atoms with van der Waals surface area (Å²) in [5, 5.41) is 7.94. The van der Waals surface area contributed by atoms with E-state index in [4.69, 9.17) is 0 Å². The highest BCUT2D eigenvalue weighted by atomic mass is 79.9. The van der Waals surface area contributed by atoms with Crippen LogP contribution in [0.2, 0.25) is 0 Å². The smallest absolute Gasteiger partial charge is 0.0624 e. The third-order valence-corrected chi connectivity index (χ3v) is 4.45. The predicted molar refractivity (Wildman–Crippen MR) is 87.0 cm³/mol. The van der Waals surface area contributed by atoms with Crippen LogP contribution in [0.3, 0.4) is 0 Å². The molecule has 0 radical (unpaired) electrons. The normalized spacial score (nSPS) is 12.6. The lowest BCUT2D eigenvalue weighted by molar-refractivity contribution is 0.533. The van der Waals surface area contributed by atoms with Crippen LogP contribution in [0.1, 0.15) is 23.9 Å². The van der Waals surface area contributed by atoms with Crippen molar-refractivity contribution in [3.8, 4) is 0 Å². The van der Waals surface area contributed by atoms with Gasteiger partial charge in [-0.05, 0) is 37.6 Å². The standard InChI is InChI=1S/C16H22BrN3/c1-4-13-10-15(20(3)19-13)11-14(18-2)9-12-7-5-6-8-16(12)17/h5-8,10,14,18H,4,9,11H2,1-3H3. The number of nitrogens with zero attached hydrogens (tertiary/aromatic N) is 2. The van der Waals surface area contributed by atoms with Crippen LogP contribution >= 0.6 is 15.9 Å². The van der Waals surface area contributed by atoms with Crippen molar-refractivity contribution in [2.75, 3.05) is 7.05 Å². The molecule has 1 N–H and O–H groups in total. The van der Waals surface area contributed by atoms with Crippen molar-refractivity contribution in [3.63, 3.8) is 0 Å². The van der Waals surface area contributed by atoms with Gasteiger partial charge < -0.3 is 5.32 Å². The molecule has 1 aromatic heterocycles.